The van der Waals surface area contributed by atoms with Crippen molar-refractivity contribution in [1.82, 2.24) is 10.2 Å². The molecule has 0 bridgehead atoms. The van der Waals surface area contributed by atoms with Gasteiger partial charge in [0.05, 0.1) is 17.0 Å². The maximum Gasteiger partial charge on any atom is 0.416 e. The molecule has 2 aromatic carbocycles. The summed E-state index contributed by atoms with van der Waals surface area (Å²) in [5, 5.41) is 13.9. The Morgan fingerprint density at radius 3 is 2.27 bits per heavy atom. The van der Waals surface area contributed by atoms with Crippen molar-refractivity contribution in [3.63, 3.8) is 0 Å². The first kappa shape index (κ1) is 24.0. The summed E-state index contributed by atoms with van der Waals surface area (Å²) in [7, 11) is 0. The smallest absolute Gasteiger partial charge is 0.362 e. The van der Waals surface area contributed by atoms with Crippen LogP contribution in [0.1, 0.15) is 27.0 Å². The highest BCUT2D eigenvalue weighted by Crippen LogP contribution is 2.36. The standard InChI is InChI=1S/C22H23F3N4O4/c1-14-3-4-16(11-15(14)2)21(31)26-13-20(30)28-9-7-27(8-10-28)18-6-5-17(22(23,24)25)12-19(18)29(32)33/h3-6,11-12H,7-10,13H2,1-2H3,(H,26,31). The summed E-state index contributed by atoms with van der Waals surface area (Å²) in [6.45, 7) is 4.47. The number of hydrogen-bond acceptors (Lipinski definition) is 5. The summed E-state index contributed by atoms with van der Waals surface area (Å²) in [5.74, 6) is -0.681. The number of nitrogens with zero attached hydrogens (tertiary/aromatic N) is 3. The lowest BCUT2D eigenvalue weighted by atomic mass is 10.1. The minimum absolute atomic E-state index is 0.0724. The van der Waals surface area contributed by atoms with E-state index in [1.165, 1.54) is 4.90 Å². The molecule has 8 nitrogen and oxygen atoms in total. The fourth-order valence-corrected chi connectivity index (χ4v) is 3.56. The number of carbonyl (C=O) groups is 2. The maximum atomic E-state index is 12.9. The molecule has 2 amide bonds. The van der Waals surface area contributed by atoms with Crippen molar-refractivity contribution in [2.75, 3.05) is 37.6 Å². The summed E-state index contributed by atoms with van der Waals surface area (Å²) in [6, 6.07) is 7.66. The molecular formula is C22H23F3N4O4. The molecule has 1 fully saturated rings. The molecule has 1 aliphatic heterocycles. The first-order valence-corrected chi connectivity index (χ1v) is 10.2. The molecule has 1 aliphatic rings. The fourth-order valence-electron chi connectivity index (χ4n) is 3.56. The van der Waals surface area contributed by atoms with Crippen molar-refractivity contribution in [3.8, 4) is 0 Å². The molecule has 11 heteroatoms. The van der Waals surface area contributed by atoms with Crippen molar-refractivity contribution in [2.45, 2.75) is 20.0 Å². The summed E-state index contributed by atoms with van der Waals surface area (Å²) >= 11 is 0. The SMILES string of the molecule is Cc1ccc(C(=O)NCC(=O)N2CCN(c3ccc(C(F)(F)F)cc3[N+](=O)[O-])CC2)cc1C. The molecule has 0 aliphatic carbocycles. The number of alkyl halides is 3. The van der Waals surface area contributed by atoms with E-state index in [-0.39, 0.29) is 50.2 Å². The van der Waals surface area contributed by atoms with E-state index in [2.05, 4.69) is 5.32 Å². The Labute approximate surface area is 188 Å². The molecular weight excluding hydrogens is 441 g/mol. The Hall–Kier alpha value is -3.63. The number of aryl methyl sites for hydroxylation is 2. The van der Waals surface area contributed by atoms with Gasteiger partial charge in [0.1, 0.15) is 5.69 Å². The monoisotopic (exact) mass is 464 g/mol. The molecule has 0 atom stereocenters. The van der Waals surface area contributed by atoms with Crippen LogP contribution < -0.4 is 10.2 Å². The Bertz CT molecular complexity index is 1080. The van der Waals surface area contributed by atoms with Crippen LogP contribution in [0.15, 0.2) is 36.4 Å². The predicted octanol–water partition coefficient (Wildman–Crippen LogP) is 3.31. The minimum Gasteiger partial charge on any atom is -0.362 e. The summed E-state index contributed by atoms with van der Waals surface area (Å²) in [5.41, 5.74) is 0.807. The van der Waals surface area contributed by atoms with E-state index in [1.807, 2.05) is 19.9 Å². The molecule has 0 unspecified atom stereocenters. The van der Waals surface area contributed by atoms with E-state index in [0.29, 0.717) is 11.6 Å². The van der Waals surface area contributed by atoms with Crippen molar-refractivity contribution < 1.29 is 27.7 Å². The van der Waals surface area contributed by atoms with Gasteiger partial charge >= 0.3 is 6.18 Å². The minimum atomic E-state index is -4.68. The lowest BCUT2D eigenvalue weighted by molar-refractivity contribution is -0.384. The van der Waals surface area contributed by atoms with Gasteiger partial charge in [-0.3, -0.25) is 19.7 Å². The topological polar surface area (TPSA) is 95.8 Å². The quantitative estimate of drug-likeness (QED) is 0.541. The first-order chi connectivity index (χ1) is 15.5. The molecule has 3 rings (SSSR count). The molecule has 2 aromatic rings. The van der Waals surface area contributed by atoms with Crippen LogP contribution >= 0.6 is 0 Å². The van der Waals surface area contributed by atoms with E-state index in [4.69, 9.17) is 0 Å². The number of benzene rings is 2. The maximum absolute atomic E-state index is 12.9. The molecule has 1 N–H and O–H groups in total. The van der Waals surface area contributed by atoms with E-state index in [9.17, 15) is 32.9 Å². The van der Waals surface area contributed by atoms with Crippen LogP contribution in [0.4, 0.5) is 24.5 Å². The van der Waals surface area contributed by atoms with Gasteiger partial charge in [-0.1, -0.05) is 6.07 Å². The molecule has 0 saturated carbocycles. The van der Waals surface area contributed by atoms with Gasteiger partial charge in [-0.2, -0.15) is 13.2 Å². The highest BCUT2D eigenvalue weighted by Gasteiger charge is 2.34. The van der Waals surface area contributed by atoms with Crippen molar-refractivity contribution in [3.05, 3.63) is 68.8 Å². The predicted molar refractivity (Wildman–Crippen MR) is 115 cm³/mol. The summed E-state index contributed by atoms with van der Waals surface area (Å²) in [6.07, 6.45) is -4.68. The molecule has 0 radical (unpaired) electrons. The van der Waals surface area contributed by atoms with Gasteiger partial charge < -0.3 is 15.1 Å². The Morgan fingerprint density at radius 2 is 1.70 bits per heavy atom. The average molecular weight is 464 g/mol. The Balaban J connectivity index is 1.59. The normalized spacial score (nSPS) is 14.2. The second kappa shape index (κ2) is 9.47. The number of piperazine rings is 1. The lowest BCUT2D eigenvalue weighted by Gasteiger charge is -2.36. The van der Waals surface area contributed by atoms with Crippen LogP contribution in [-0.4, -0.2) is 54.4 Å². The largest absolute Gasteiger partial charge is 0.416 e. The van der Waals surface area contributed by atoms with Crippen molar-refractivity contribution in [1.29, 1.82) is 0 Å². The number of nitro benzene ring substituents is 1. The average Bonchev–Trinajstić information content (AvgIpc) is 2.78. The molecule has 0 aromatic heterocycles. The number of nitro groups is 1. The second-order valence-corrected chi connectivity index (χ2v) is 7.81. The third-order valence-corrected chi connectivity index (χ3v) is 5.64. The number of nitrogens with one attached hydrogen (secondary N) is 1. The van der Waals surface area contributed by atoms with Crippen LogP contribution in [0.3, 0.4) is 0 Å². The zero-order valence-electron chi connectivity index (χ0n) is 18.1. The van der Waals surface area contributed by atoms with Crippen LogP contribution in [-0.2, 0) is 11.0 Å². The lowest BCUT2D eigenvalue weighted by Crippen LogP contribution is -2.51. The summed E-state index contributed by atoms with van der Waals surface area (Å²) in [4.78, 5) is 38.4. The molecule has 33 heavy (non-hydrogen) atoms. The van der Waals surface area contributed by atoms with Gasteiger partial charge in [0.15, 0.2) is 0 Å². The van der Waals surface area contributed by atoms with Gasteiger partial charge in [0, 0.05) is 37.8 Å². The van der Waals surface area contributed by atoms with E-state index < -0.39 is 22.4 Å². The van der Waals surface area contributed by atoms with Crippen LogP contribution in [0.2, 0.25) is 0 Å². The van der Waals surface area contributed by atoms with Crippen LogP contribution in [0.5, 0.6) is 0 Å². The Morgan fingerprint density at radius 1 is 1.03 bits per heavy atom. The van der Waals surface area contributed by atoms with Gasteiger partial charge in [0.25, 0.3) is 11.6 Å². The fraction of sp³-hybridized carbons (Fsp3) is 0.364. The van der Waals surface area contributed by atoms with Crippen molar-refractivity contribution in [2.24, 2.45) is 0 Å². The summed E-state index contributed by atoms with van der Waals surface area (Å²) < 4.78 is 38.7. The molecule has 0 spiro atoms. The zero-order valence-corrected chi connectivity index (χ0v) is 18.1. The highest BCUT2D eigenvalue weighted by atomic mass is 19.4. The number of rotatable bonds is 5. The number of hydrogen-bond donors (Lipinski definition) is 1. The second-order valence-electron chi connectivity index (χ2n) is 7.81. The van der Waals surface area contributed by atoms with Gasteiger partial charge in [-0.15, -0.1) is 0 Å². The van der Waals surface area contributed by atoms with Gasteiger partial charge in [-0.25, -0.2) is 0 Å². The number of anilines is 1. The molecule has 1 heterocycles. The van der Waals surface area contributed by atoms with Crippen LogP contribution in [0.25, 0.3) is 0 Å². The van der Waals surface area contributed by atoms with E-state index in [1.54, 1.807) is 17.0 Å². The molecule has 1 saturated heterocycles. The third kappa shape index (κ3) is 5.60. The first-order valence-electron chi connectivity index (χ1n) is 10.2. The Kier molecular flexibility index (Phi) is 6.89. The van der Waals surface area contributed by atoms with Crippen molar-refractivity contribution >= 4 is 23.2 Å². The third-order valence-electron chi connectivity index (χ3n) is 5.64. The number of carbonyl (C=O) groups excluding carboxylic acids is 2. The van der Waals surface area contributed by atoms with E-state index in [0.717, 1.165) is 23.3 Å². The number of halogens is 3. The highest BCUT2D eigenvalue weighted by molar-refractivity contribution is 5.96. The van der Waals surface area contributed by atoms with Crippen LogP contribution in [0, 0.1) is 24.0 Å². The molecule has 176 valence electrons. The van der Waals surface area contributed by atoms with E-state index >= 15 is 0 Å². The van der Waals surface area contributed by atoms with Gasteiger partial charge in [0.2, 0.25) is 5.91 Å². The number of amides is 2. The van der Waals surface area contributed by atoms with Gasteiger partial charge in [-0.05, 0) is 49.2 Å². The zero-order chi connectivity index (χ0) is 24.3.